The first kappa shape index (κ1) is 22.9. The van der Waals surface area contributed by atoms with E-state index in [9.17, 15) is 14.0 Å². The Kier molecular flexibility index (Phi) is 8.14. The third-order valence-electron chi connectivity index (χ3n) is 5.82. The predicted octanol–water partition coefficient (Wildman–Crippen LogP) is 0.124. The molecule has 7 heteroatoms. The molecule has 0 unspecified atom stereocenters. The number of piperazine rings is 1. The molecule has 1 atom stereocenters. The number of aryl methyl sites for hydroxylation is 1. The molecule has 1 saturated heterocycles. The molecule has 31 heavy (non-hydrogen) atoms. The number of anilines is 1. The summed E-state index contributed by atoms with van der Waals surface area (Å²) in [5.74, 6) is -0.422. The second kappa shape index (κ2) is 11.0. The first-order chi connectivity index (χ1) is 14.9. The van der Waals surface area contributed by atoms with Crippen LogP contribution >= 0.6 is 0 Å². The Balaban J connectivity index is 1.40. The number of halogens is 1. The summed E-state index contributed by atoms with van der Waals surface area (Å²) in [7, 11) is 0. The Labute approximate surface area is 183 Å². The van der Waals surface area contributed by atoms with Crippen LogP contribution in [0.2, 0.25) is 0 Å². The topological polar surface area (TPSA) is 67.1 Å². The molecule has 2 amide bonds. The van der Waals surface area contributed by atoms with Crippen molar-refractivity contribution >= 4 is 17.5 Å². The van der Waals surface area contributed by atoms with Gasteiger partial charge in [-0.1, -0.05) is 42.8 Å². The van der Waals surface area contributed by atoms with Crippen LogP contribution in [0.5, 0.6) is 0 Å². The molecule has 0 spiro atoms. The van der Waals surface area contributed by atoms with Gasteiger partial charge in [0.1, 0.15) is 32.0 Å². The van der Waals surface area contributed by atoms with Crippen LogP contribution in [0.25, 0.3) is 0 Å². The number of hydrogen-bond acceptors (Lipinski definition) is 2. The number of amides is 2. The van der Waals surface area contributed by atoms with Crippen molar-refractivity contribution in [1.29, 1.82) is 0 Å². The van der Waals surface area contributed by atoms with Crippen LogP contribution in [0, 0.1) is 12.7 Å². The molecule has 6 nitrogen and oxygen atoms in total. The van der Waals surface area contributed by atoms with Gasteiger partial charge in [0.05, 0.1) is 6.04 Å². The fourth-order valence-electron chi connectivity index (χ4n) is 4.00. The van der Waals surface area contributed by atoms with Gasteiger partial charge < -0.3 is 20.4 Å². The monoisotopic (exact) mass is 428 g/mol. The molecule has 3 rings (SSSR count). The Bertz CT molecular complexity index is 879. The lowest BCUT2D eigenvalue weighted by Gasteiger charge is -2.29. The summed E-state index contributed by atoms with van der Waals surface area (Å²) >= 11 is 0. The third kappa shape index (κ3) is 7.15. The van der Waals surface area contributed by atoms with E-state index in [1.807, 2.05) is 0 Å². The number of quaternary nitrogens is 2. The number of benzene rings is 2. The molecule has 0 radical (unpaired) electrons. The molecule has 0 saturated carbocycles. The molecular formula is C24H33FN4O2+2. The second-order valence-corrected chi connectivity index (χ2v) is 8.35. The summed E-state index contributed by atoms with van der Waals surface area (Å²) in [4.78, 5) is 27.2. The minimum Gasteiger partial charge on any atom is -0.344 e. The SMILES string of the molecule is CC[C@H](NC(=O)C[NH+]1CC[NH+](CC(=O)Nc2cccc(F)c2)CC1)c1ccc(C)cc1. The van der Waals surface area contributed by atoms with Crippen LogP contribution in [-0.4, -0.2) is 51.1 Å². The summed E-state index contributed by atoms with van der Waals surface area (Å²) in [5.41, 5.74) is 2.82. The van der Waals surface area contributed by atoms with E-state index in [1.165, 1.54) is 27.5 Å². The Morgan fingerprint density at radius 2 is 1.58 bits per heavy atom. The summed E-state index contributed by atoms with van der Waals surface area (Å²) in [6, 6.07) is 14.2. The maximum absolute atomic E-state index is 13.2. The largest absolute Gasteiger partial charge is 0.344 e. The van der Waals surface area contributed by atoms with Gasteiger partial charge in [-0.15, -0.1) is 0 Å². The summed E-state index contributed by atoms with van der Waals surface area (Å²) < 4.78 is 13.2. The maximum atomic E-state index is 13.2. The Hall–Kier alpha value is -2.77. The van der Waals surface area contributed by atoms with Gasteiger partial charge >= 0.3 is 0 Å². The zero-order chi connectivity index (χ0) is 22.2. The van der Waals surface area contributed by atoms with Crippen LogP contribution in [0.1, 0.15) is 30.5 Å². The fraction of sp³-hybridized carbons (Fsp3) is 0.417. The summed E-state index contributed by atoms with van der Waals surface area (Å²) in [6.45, 7) is 8.28. The quantitative estimate of drug-likeness (QED) is 0.483. The molecule has 1 heterocycles. The van der Waals surface area contributed by atoms with Gasteiger partial charge in [-0.3, -0.25) is 9.59 Å². The zero-order valence-electron chi connectivity index (χ0n) is 18.3. The van der Waals surface area contributed by atoms with E-state index < -0.39 is 0 Å². The number of rotatable bonds is 8. The lowest BCUT2D eigenvalue weighted by molar-refractivity contribution is -1.00. The maximum Gasteiger partial charge on any atom is 0.279 e. The van der Waals surface area contributed by atoms with Gasteiger partial charge in [-0.25, -0.2) is 4.39 Å². The molecule has 2 aromatic rings. The highest BCUT2D eigenvalue weighted by molar-refractivity contribution is 5.91. The molecule has 0 bridgehead atoms. The molecule has 0 aliphatic carbocycles. The van der Waals surface area contributed by atoms with Crippen molar-refractivity contribution in [1.82, 2.24) is 5.32 Å². The van der Waals surface area contributed by atoms with E-state index in [0.717, 1.165) is 38.2 Å². The van der Waals surface area contributed by atoms with E-state index in [0.29, 0.717) is 18.8 Å². The van der Waals surface area contributed by atoms with Crippen molar-refractivity contribution < 1.29 is 23.8 Å². The highest BCUT2D eigenvalue weighted by Gasteiger charge is 2.27. The van der Waals surface area contributed by atoms with Crippen molar-refractivity contribution in [3.63, 3.8) is 0 Å². The van der Waals surface area contributed by atoms with E-state index in [2.05, 4.69) is 48.7 Å². The highest BCUT2D eigenvalue weighted by Crippen LogP contribution is 2.16. The van der Waals surface area contributed by atoms with E-state index in [4.69, 9.17) is 0 Å². The van der Waals surface area contributed by atoms with Crippen LogP contribution in [-0.2, 0) is 9.59 Å². The van der Waals surface area contributed by atoms with E-state index >= 15 is 0 Å². The average molecular weight is 429 g/mol. The van der Waals surface area contributed by atoms with E-state index in [1.54, 1.807) is 12.1 Å². The van der Waals surface area contributed by atoms with Gasteiger partial charge in [0.25, 0.3) is 11.8 Å². The first-order valence-electron chi connectivity index (χ1n) is 11.0. The zero-order valence-corrected chi connectivity index (χ0v) is 18.3. The third-order valence-corrected chi connectivity index (χ3v) is 5.82. The number of carbonyl (C=O) groups excluding carboxylic acids is 2. The Morgan fingerprint density at radius 3 is 2.16 bits per heavy atom. The molecule has 1 aliphatic rings. The van der Waals surface area contributed by atoms with Gasteiger partial charge in [-0.2, -0.15) is 0 Å². The van der Waals surface area contributed by atoms with Gasteiger partial charge in [-0.05, 0) is 37.1 Å². The summed E-state index contributed by atoms with van der Waals surface area (Å²) in [5, 5.41) is 5.91. The van der Waals surface area contributed by atoms with Crippen LogP contribution in [0.15, 0.2) is 48.5 Å². The standard InChI is InChI=1S/C24H31FN4O2/c1-3-22(19-9-7-18(2)8-10-19)27-24(31)17-29-13-11-28(12-14-29)16-23(30)26-21-6-4-5-20(25)15-21/h4-10,15,22H,3,11-14,16-17H2,1-2H3,(H,26,30)(H,27,31)/p+2/t22-/m0/s1. The minimum atomic E-state index is -0.367. The number of carbonyl (C=O) groups is 2. The smallest absolute Gasteiger partial charge is 0.279 e. The van der Waals surface area contributed by atoms with Crippen molar-refractivity contribution in [3.8, 4) is 0 Å². The predicted molar refractivity (Wildman–Crippen MR) is 119 cm³/mol. The molecule has 1 aliphatic heterocycles. The van der Waals surface area contributed by atoms with E-state index in [-0.39, 0.29) is 23.7 Å². The minimum absolute atomic E-state index is 0.0333. The second-order valence-electron chi connectivity index (χ2n) is 8.35. The molecule has 4 N–H and O–H groups in total. The lowest BCUT2D eigenvalue weighted by atomic mass is 10.0. The van der Waals surface area contributed by atoms with Gasteiger partial charge in [0, 0.05) is 5.69 Å². The molecule has 0 aromatic heterocycles. The number of nitrogens with one attached hydrogen (secondary N) is 4. The van der Waals surface area contributed by atoms with Gasteiger partial charge in [0.15, 0.2) is 13.1 Å². The van der Waals surface area contributed by atoms with Crippen molar-refractivity contribution in [2.45, 2.75) is 26.3 Å². The first-order valence-corrected chi connectivity index (χ1v) is 11.0. The molecule has 166 valence electrons. The van der Waals surface area contributed by atoms with Crippen LogP contribution in [0.3, 0.4) is 0 Å². The van der Waals surface area contributed by atoms with Crippen LogP contribution in [0.4, 0.5) is 10.1 Å². The highest BCUT2D eigenvalue weighted by atomic mass is 19.1. The number of hydrogen-bond donors (Lipinski definition) is 4. The van der Waals surface area contributed by atoms with Crippen LogP contribution < -0.4 is 20.4 Å². The fourth-order valence-corrected chi connectivity index (χ4v) is 4.00. The normalized spacial score (nSPS) is 19.5. The molecular weight excluding hydrogens is 395 g/mol. The molecule has 2 aromatic carbocycles. The average Bonchev–Trinajstić information content (AvgIpc) is 2.74. The van der Waals surface area contributed by atoms with Crippen molar-refractivity contribution in [3.05, 3.63) is 65.5 Å². The van der Waals surface area contributed by atoms with Crippen molar-refractivity contribution in [2.24, 2.45) is 0 Å². The summed E-state index contributed by atoms with van der Waals surface area (Å²) in [6.07, 6.45) is 0.850. The Morgan fingerprint density at radius 1 is 0.968 bits per heavy atom. The van der Waals surface area contributed by atoms with Crippen molar-refractivity contribution in [2.75, 3.05) is 44.6 Å². The molecule has 1 fully saturated rings. The van der Waals surface area contributed by atoms with Gasteiger partial charge in [0.2, 0.25) is 0 Å². The lowest BCUT2D eigenvalue weighted by Crippen LogP contribution is -3.28.